The molecule has 2 heterocycles. The van der Waals surface area contributed by atoms with Gasteiger partial charge in [-0.2, -0.15) is 0 Å². The summed E-state index contributed by atoms with van der Waals surface area (Å²) in [6.07, 6.45) is 3.56. The zero-order valence-corrected chi connectivity index (χ0v) is 19.8. The van der Waals surface area contributed by atoms with Gasteiger partial charge in [-0.15, -0.1) is 6.58 Å². The topological polar surface area (TPSA) is 76.3 Å². The van der Waals surface area contributed by atoms with E-state index in [4.69, 9.17) is 11.6 Å². The molecule has 0 radical (unpaired) electrons. The normalized spacial score (nSPS) is 14.9. The Balaban J connectivity index is 1.34. The number of nitrogens with zero attached hydrogens (tertiary/aromatic N) is 3. The van der Waals surface area contributed by atoms with E-state index in [1.807, 2.05) is 12.1 Å². The fraction of sp³-hybridized carbons (Fsp3) is 0.346. The number of allylic oxidation sites excluding steroid dienone is 1. The third-order valence-electron chi connectivity index (χ3n) is 6.36. The van der Waals surface area contributed by atoms with Crippen molar-refractivity contribution in [2.24, 2.45) is 5.92 Å². The van der Waals surface area contributed by atoms with Gasteiger partial charge in [0.25, 0.3) is 0 Å². The van der Waals surface area contributed by atoms with Crippen LogP contribution in [0, 0.1) is 5.92 Å². The quantitative estimate of drug-likeness (QED) is 0.397. The molecule has 0 unspecified atom stereocenters. The van der Waals surface area contributed by atoms with Crippen LogP contribution in [0.3, 0.4) is 0 Å². The number of benzene rings is 2. The van der Waals surface area contributed by atoms with E-state index in [-0.39, 0.29) is 19.0 Å². The first kappa shape index (κ1) is 24.0. The summed E-state index contributed by atoms with van der Waals surface area (Å²) < 4.78 is 2.65. The summed E-state index contributed by atoms with van der Waals surface area (Å²) in [5.41, 5.74) is 1.04. The van der Waals surface area contributed by atoms with Gasteiger partial charge in [0.2, 0.25) is 5.91 Å². The summed E-state index contributed by atoms with van der Waals surface area (Å²) in [7, 11) is 0. The minimum absolute atomic E-state index is 0.182. The van der Waals surface area contributed by atoms with Crippen molar-refractivity contribution in [3.8, 4) is 0 Å². The molecule has 1 fully saturated rings. The van der Waals surface area contributed by atoms with E-state index in [1.165, 1.54) is 14.7 Å². The Morgan fingerprint density at radius 2 is 1.62 bits per heavy atom. The van der Waals surface area contributed by atoms with E-state index in [9.17, 15) is 14.4 Å². The SMILES string of the molecule is C=CCn1c(=O)c(=O)n(CC(=O)NCC2CCN(Cc3ccc(Cl)cc3)CC2)c2ccccc21. The number of aromatic nitrogens is 2. The summed E-state index contributed by atoms with van der Waals surface area (Å²) in [6, 6.07) is 15.0. The molecule has 2 aromatic carbocycles. The molecule has 178 valence electrons. The number of nitrogens with one attached hydrogen (secondary N) is 1. The van der Waals surface area contributed by atoms with Crippen molar-refractivity contribution in [3.05, 3.63) is 92.5 Å². The predicted molar refractivity (Wildman–Crippen MR) is 135 cm³/mol. The van der Waals surface area contributed by atoms with Crippen LogP contribution in [0.4, 0.5) is 0 Å². The van der Waals surface area contributed by atoms with Crippen molar-refractivity contribution >= 4 is 28.5 Å². The predicted octanol–water partition coefficient (Wildman–Crippen LogP) is 3.03. The van der Waals surface area contributed by atoms with Gasteiger partial charge in [-0.3, -0.25) is 28.4 Å². The standard InChI is InChI=1S/C26H29ClN4O3/c1-2-13-30-22-5-3-4-6-23(22)31(26(34)25(30)33)18-24(32)28-16-19-11-14-29(15-12-19)17-20-7-9-21(27)10-8-20/h2-10,19H,1,11-18H2,(H,28,32). The smallest absolute Gasteiger partial charge is 0.317 e. The highest BCUT2D eigenvalue weighted by Crippen LogP contribution is 2.19. The first-order valence-corrected chi connectivity index (χ1v) is 11.9. The van der Waals surface area contributed by atoms with Crippen LogP contribution < -0.4 is 16.4 Å². The molecular weight excluding hydrogens is 452 g/mol. The van der Waals surface area contributed by atoms with Gasteiger partial charge >= 0.3 is 11.1 Å². The Morgan fingerprint density at radius 3 is 2.26 bits per heavy atom. The summed E-state index contributed by atoms with van der Waals surface area (Å²) in [5.74, 6) is 0.121. The van der Waals surface area contributed by atoms with Gasteiger partial charge in [0.05, 0.1) is 11.0 Å². The van der Waals surface area contributed by atoms with Gasteiger partial charge in [0.15, 0.2) is 0 Å². The molecule has 8 heteroatoms. The number of halogens is 1. The highest BCUT2D eigenvalue weighted by atomic mass is 35.5. The number of carbonyl (C=O) groups is 1. The van der Waals surface area contributed by atoms with Crippen LogP contribution in [0.15, 0.2) is 70.8 Å². The molecule has 0 saturated carbocycles. The van der Waals surface area contributed by atoms with E-state index in [2.05, 4.69) is 28.9 Å². The van der Waals surface area contributed by atoms with Gasteiger partial charge < -0.3 is 5.32 Å². The minimum atomic E-state index is -0.703. The molecule has 34 heavy (non-hydrogen) atoms. The van der Waals surface area contributed by atoms with Gasteiger partial charge in [-0.25, -0.2) is 0 Å². The molecule has 0 spiro atoms. The average molecular weight is 481 g/mol. The zero-order chi connectivity index (χ0) is 24.1. The number of likely N-dealkylation sites (tertiary alicyclic amines) is 1. The van der Waals surface area contributed by atoms with Crippen molar-refractivity contribution in [3.63, 3.8) is 0 Å². The molecule has 1 saturated heterocycles. The first-order chi connectivity index (χ1) is 16.5. The second-order valence-corrected chi connectivity index (χ2v) is 9.17. The maximum absolute atomic E-state index is 12.7. The van der Waals surface area contributed by atoms with Crippen LogP contribution in [-0.2, 0) is 24.4 Å². The van der Waals surface area contributed by atoms with Crippen LogP contribution in [-0.4, -0.2) is 39.6 Å². The highest BCUT2D eigenvalue weighted by Gasteiger charge is 2.20. The van der Waals surface area contributed by atoms with Crippen molar-refractivity contribution < 1.29 is 4.79 Å². The lowest BCUT2D eigenvalue weighted by molar-refractivity contribution is -0.121. The number of hydrogen-bond donors (Lipinski definition) is 1. The Bertz CT molecular complexity index is 1290. The summed E-state index contributed by atoms with van der Waals surface area (Å²) in [5, 5.41) is 3.71. The van der Waals surface area contributed by atoms with Gasteiger partial charge in [-0.05, 0) is 61.7 Å². The van der Waals surface area contributed by atoms with Crippen LogP contribution in [0.25, 0.3) is 11.0 Å². The number of amides is 1. The molecule has 1 amide bonds. The molecule has 0 bridgehead atoms. The van der Waals surface area contributed by atoms with Crippen LogP contribution in [0.2, 0.25) is 5.02 Å². The lowest BCUT2D eigenvalue weighted by atomic mass is 9.96. The minimum Gasteiger partial charge on any atom is -0.354 e. The Kier molecular flexibility index (Phi) is 7.65. The van der Waals surface area contributed by atoms with E-state index in [0.29, 0.717) is 23.5 Å². The van der Waals surface area contributed by atoms with Crippen LogP contribution >= 0.6 is 11.6 Å². The summed E-state index contributed by atoms with van der Waals surface area (Å²) in [6.45, 7) is 7.10. The summed E-state index contributed by atoms with van der Waals surface area (Å²) >= 11 is 5.96. The Morgan fingerprint density at radius 1 is 1.00 bits per heavy atom. The number of piperidine rings is 1. The zero-order valence-electron chi connectivity index (χ0n) is 19.1. The third-order valence-corrected chi connectivity index (χ3v) is 6.62. The van der Waals surface area contributed by atoms with Crippen molar-refractivity contribution in [1.29, 1.82) is 0 Å². The first-order valence-electron chi connectivity index (χ1n) is 11.5. The monoisotopic (exact) mass is 480 g/mol. The van der Waals surface area contributed by atoms with Crippen LogP contribution in [0.5, 0.6) is 0 Å². The fourth-order valence-electron chi connectivity index (χ4n) is 4.49. The molecule has 1 N–H and O–H groups in total. The van der Waals surface area contributed by atoms with E-state index in [1.54, 1.807) is 30.3 Å². The maximum Gasteiger partial charge on any atom is 0.317 e. The number of carbonyl (C=O) groups excluding carboxylic acids is 1. The maximum atomic E-state index is 12.7. The lowest BCUT2D eigenvalue weighted by Crippen LogP contribution is -2.44. The van der Waals surface area contributed by atoms with Crippen molar-refractivity contribution in [2.75, 3.05) is 19.6 Å². The van der Waals surface area contributed by atoms with Crippen molar-refractivity contribution in [2.45, 2.75) is 32.5 Å². The highest BCUT2D eigenvalue weighted by molar-refractivity contribution is 6.30. The van der Waals surface area contributed by atoms with E-state index >= 15 is 0 Å². The molecule has 7 nitrogen and oxygen atoms in total. The molecule has 3 aromatic rings. The fourth-order valence-corrected chi connectivity index (χ4v) is 4.62. The van der Waals surface area contributed by atoms with Gasteiger partial charge in [-0.1, -0.05) is 41.9 Å². The molecule has 1 aliphatic rings. The van der Waals surface area contributed by atoms with E-state index < -0.39 is 11.1 Å². The Hall–Kier alpha value is -3.16. The van der Waals surface area contributed by atoms with Gasteiger partial charge in [0.1, 0.15) is 6.54 Å². The van der Waals surface area contributed by atoms with Crippen LogP contribution in [0.1, 0.15) is 18.4 Å². The summed E-state index contributed by atoms with van der Waals surface area (Å²) in [4.78, 5) is 40.4. The second kappa shape index (κ2) is 10.8. The number of para-hydroxylation sites is 2. The second-order valence-electron chi connectivity index (χ2n) is 8.73. The van der Waals surface area contributed by atoms with Crippen molar-refractivity contribution in [1.82, 2.24) is 19.4 Å². The molecule has 0 aliphatic carbocycles. The molecule has 4 rings (SSSR count). The largest absolute Gasteiger partial charge is 0.354 e. The number of fused-ring (bicyclic) bond motifs is 1. The molecule has 0 atom stereocenters. The third kappa shape index (κ3) is 5.48. The molecular formula is C26H29ClN4O3. The number of hydrogen-bond acceptors (Lipinski definition) is 4. The molecule has 1 aromatic heterocycles. The number of rotatable bonds is 8. The Labute approximate surface area is 203 Å². The lowest BCUT2D eigenvalue weighted by Gasteiger charge is -2.32. The van der Waals surface area contributed by atoms with E-state index in [0.717, 1.165) is 37.5 Å². The molecule has 1 aliphatic heterocycles. The van der Waals surface area contributed by atoms with Gasteiger partial charge in [0, 0.05) is 24.7 Å². The average Bonchev–Trinajstić information content (AvgIpc) is 2.85.